The van der Waals surface area contributed by atoms with Crippen molar-refractivity contribution < 1.29 is 33.3 Å². The van der Waals surface area contributed by atoms with Gasteiger partial charge in [-0.3, -0.25) is 0 Å². The molecule has 0 radical (unpaired) electrons. The van der Waals surface area contributed by atoms with E-state index in [4.69, 9.17) is 23.7 Å². The SMILES string of the molecule is COc1cc(/C=C/C(=O)OCCCN(C)C[C@@H](C)COC(=O)c2c3ccccc3cc3ccccc23)cc(OC)c1OC. The van der Waals surface area contributed by atoms with E-state index in [9.17, 15) is 9.59 Å². The summed E-state index contributed by atoms with van der Waals surface area (Å²) < 4.78 is 27.2. The molecular weight excluding hydrogens is 546 g/mol. The molecule has 1 atom stereocenters. The zero-order valence-electron chi connectivity index (χ0n) is 25.4. The van der Waals surface area contributed by atoms with Crippen LogP contribution in [0.3, 0.4) is 0 Å². The van der Waals surface area contributed by atoms with E-state index in [1.807, 2.05) is 55.6 Å². The second-order valence-electron chi connectivity index (χ2n) is 10.5. The normalized spacial score (nSPS) is 12.0. The van der Waals surface area contributed by atoms with Gasteiger partial charge in [-0.05, 0) is 64.9 Å². The van der Waals surface area contributed by atoms with E-state index >= 15 is 0 Å². The fourth-order valence-electron chi connectivity index (χ4n) is 5.12. The second-order valence-corrected chi connectivity index (χ2v) is 10.5. The van der Waals surface area contributed by atoms with Gasteiger partial charge in [-0.2, -0.15) is 0 Å². The Hall–Kier alpha value is -4.56. The molecule has 4 aromatic carbocycles. The summed E-state index contributed by atoms with van der Waals surface area (Å²) in [5.41, 5.74) is 1.32. The second kappa shape index (κ2) is 15.1. The predicted octanol–water partition coefficient (Wildman–Crippen LogP) is 6.39. The van der Waals surface area contributed by atoms with Crippen molar-refractivity contribution in [3.05, 3.63) is 83.9 Å². The highest BCUT2D eigenvalue weighted by molar-refractivity contribution is 6.16. The van der Waals surface area contributed by atoms with Crippen LogP contribution >= 0.6 is 0 Å². The lowest BCUT2D eigenvalue weighted by Gasteiger charge is -2.21. The first-order valence-corrected chi connectivity index (χ1v) is 14.3. The van der Waals surface area contributed by atoms with Crippen molar-refractivity contribution in [3.63, 3.8) is 0 Å². The number of benzene rings is 4. The number of esters is 2. The minimum atomic E-state index is -0.433. The van der Waals surface area contributed by atoms with E-state index < -0.39 is 5.97 Å². The number of nitrogens with zero attached hydrogens (tertiary/aromatic N) is 1. The molecule has 0 saturated heterocycles. The third kappa shape index (κ3) is 8.05. The Morgan fingerprint density at radius 2 is 1.44 bits per heavy atom. The number of carbonyl (C=O) groups excluding carboxylic acids is 2. The van der Waals surface area contributed by atoms with Crippen molar-refractivity contribution in [2.24, 2.45) is 5.92 Å². The Morgan fingerprint density at radius 1 is 0.837 bits per heavy atom. The lowest BCUT2D eigenvalue weighted by atomic mass is 9.97. The summed E-state index contributed by atoms with van der Waals surface area (Å²) in [5.74, 6) is 0.874. The van der Waals surface area contributed by atoms with Crippen LogP contribution < -0.4 is 14.2 Å². The molecule has 226 valence electrons. The number of carbonyl (C=O) groups is 2. The molecule has 0 aliphatic carbocycles. The first-order chi connectivity index (χ1) is 20.8. The minimum absolute atomic E-state index is 0.124. The number of hydrogen-bond donors (Lipinski definition) is 0. The smallest absolute Gasteiger partial charge is 0.339 e. The largest absolute Gasteiger partial charge is 0.493 e. The van der Waals surface area contributed by atoms with Crippen LogP contribution in [0, 0.1) is 5.92 Å². The third-order valence-corrected chi connectivity index (χ3v) is 7.13. The minimum Gasteiger partial charge on any atom is -0.493 e. The van der Waals surface area contributed by atoms with Gasteiger partial charge in [0.1, 0.15) is 0 Å². The summed E-state index contributed by atoms with van der Waals surface area (Å²) in [6, 6.07) is 21.4. The van der Waals surface area contributed by atoms with Gasteiger partial charge in [0.05, 0.1) is 40.1 Å². The van der Waals surface area contributed by atoms with Gasteiger partial charge in [0, 0.05) is 25.1 Å². The molecule has 8 heteroatoms. The fourth-order valence-corrected chi connectivity index (χ4v) is 5.12. The van der Waals surface area contributed by atoms with E-state index in [-0.39, 0.29) is 11.9 Å². The molecule has 8 nitrogen and oxygen atoms in total. The Bertz CT molecular complexity index is 1520. The van der Waals surface area contributed by atoms with Crippen molar-refractivity contribution >= 4 is 39.6 Å². The Kier molecular flexibility index (Phi) is 11.0. The lowest BCUT2D eigenvalue weighted by Crippen LogP contribution is -2.29. The van der Waals surface area contributed by atoms with Gasteiger partial charge in [-0.15, -0.1) is 0 Å². The number of rotatable bonds is 14. The number of ether oxygens (including phenoxy) is 5. The van der Waals surface area contributed by atoms with Crippen LogP contribution in [0.5, 0.6) is 17.2 Å². The summed E-state index contributed by atoms with van der Waals surface area (Å²) in [7, 11) is 6.62. The molecule has 0 spiro atoms. The molecule has 0 unspecified atom stereocenters. The predicted molar refractivity (Wildman–Crippen MR) is 169 cm³/mol. The van der Waals surface area contributed by atoms with E-state index in [0.29, 0.717) is 42.4 Å². The maximum atomic E-state index is 13.3. The van der Waals surface area contributed by atoms with Gasteiger partial charge in [-0.25, -0.2) is 9.59 Å². The summed E-state index contributed by atoms with van der Waals surface area (Å²) in [4.78, 5) is 27.7. The van der Waals surface area contributed by atoms with Crippen molar-refractivity contribution in [2.45, 2.75) is 13.3 Å². The molecule has 0 amide bonds. The topological polar surface area (TPSA) is 83.5 Å². The van der Waals surface area contributed by atoms with Crippen molar-refractivity contribution in [1.29, 1.82) is 0 Å². The average molecular weight is 586 g/mol. The number of hydrogen-bond acceptors (Lipinski definition) is 8. The highest BCUT2D eigenvalue weighted by Gasteiger charge is 2.18. The van der Waals surface area contributed by atoms with E-state index in [1.165, 1.54) is 27.4 Å². The van der Waals surface area contributed by atoms with E-state index in [1.54, 1.807) is 18.2 Å². The Morgan fingerprint density at radius 3 is 2.02 bits per heavy atom. The van der Waals surface area contributed by atoms with Gasteiger partial charge < -0.3 is 28.6 Å². The summed E-state index contributed by atoms with van der Waals surface area (Å²) in [6.07, 6.45) is 3.69. The Balaban J connectivity index is 1.22. The summed E-state index contributed by atoms with van der Waals surface area (Å²) >= 11 is 0. The van der Waals surface area contributed by atoms with Crippen LogP contribution in [-0.2, 0) is 14.3 Å². The first kappa shape index (κ1) is 31.4. The molecule has 0 aliphatic rings. The van der Waals surface area contributed by atoms with Crippen LogP contribution in [0.2, 0.25) is 0 Å². The van der Waals surface area contributed by atoms with Gasteiger partial charge in [0.2, 0.25) is 5.75 Å². The molecule has 0 N–H and O–H groups in total. The van der Waals surface area contributed by atoms with Crippen LogP contribution in [-0.4, -0.2) is 71.5 Å². The zero-order chi connectivity index (χ0) is 30.8. The van der Waals surface area contributed by atoms with Gasteiger partial charge >= 0.3 is 11.9 Å². The van der Waals surface area contributed by atoms with Gasteiger partial charge in [-0.1, -0.05) is 55.5 Å². The summed E-state index contributed by atoms with van der Waals surface area (Å²) in [5, 5.41) is 3.81. The zero-order valence-corrected chi connectivity index (χ0v) is 25.4. The molecule has 4 aromatic rings. The quantitative estimate of drug-likeness (QED) is 0.0729. The maximum Gasteiger partial charge on any atom is 0.339 e. The van der Waals surface area contributed by atoms with Crippen LogP contribution in [0.15, 0.2) is 72.8 Å². The highest BCUT2D eigenvalue weighted by Crippen LogP contribution is 2.38. The molecule has 43 heavy (non-hydrogen) atoms. The van der Waals surface area contributed by atoms with Gasteiger partial charge in [0.25, 0.3) is 0 Å². The number of fused-ring (bicyclic) bond motifs is 2. The first-order valence-electron chi connectivity index (χ1n) is 14.3. The average Bonchev–Trinajstić information content (AvgIpc) is 3.02. The molecule has 0 heterocycles. The maximum absolute atomic E-state index is 13.3. The lowest BCUT2D eigenvalue weighted by molar-refractivity contribution is -0.137. The third-order valence-electron chi connectivity index (χ3n) is 7.13. The Labute approximate surface area is 252 Å². The van der Waals surface area contributed by atoms with Gasteiger partial charge in [0.15, 0.2) is 11.5 Å². The van der Waals surface area contributed by atoms with Crippen molar-refractivity contribution in [2.75, 3.05) is 54.7 Å². The molecule has 0 fully saturated rings. The van der Waals surface area contributed by atoms with Crippen LogP contribution in [0.25, 0.3) is 27.6 Å². The molecule has 0 aliphatic heterocycles. The fraction of sp³-hybridized carbons (Fsp3) is 0.314. The summed E-state index contributed by atoms with van der Waals surface area (Å²) in [6.45, 7) is 4.12. The van der Waals surface area contributed by atoms with Crippen LogP contribution in [0.1, 0.15) is 29.3 Å². The van der Waals surface area contributed by atoms with E-state index in [2.05, 4.69) is 17.9 Å². The van der Waals surface area contributed by atoms with Crippen molar-refractivity contribution in [3.8, 4) is 17.2 Å². The molecular formula is C35H39NO7. The highest BCUT2D eigenvalue weighted by atomic mass is 16.5. The molecule has 0 bridgehead atoms. The van der Waals surface area contributed by atoms with E-state index in [0.717, 1.165) is 40.2 Å². The molecule has 0 saturated carbocycles. The number of methoxy groups -OCH3 is 3. The van der Waals surface area contributed by atoms with Crippen LogP contribution in [0.4, 0.5) is 0 Å². The molecule has 0 aromatic heterocycles. The van der Waals surface area contributed by atoms with Crippen molar-refractivity contribution in [1.82, 2.24) is 4.90 Å². The molecule has 4 rings (SSSR count). The standard InChI is InChI=1S/C35H39NO7/c1-24(23-43-35(38)33-28-13-8-6-11-26(28)21-27-12-7-9-14-29(27)33)22-36(2)17-10-18-42-32(37)16-15-25-19-30(39-3)34(41-5)31(20-25)40-4/h6-9,11-16,19-21,24H,10,17-18,22-23H2,1-5H3/b16-15+/t24-/m1/s1. The monoisotopic (exact) mass is 585 g/mol.